The molecule has 156 valence electrons. The van der Waals surface area contributed by atoms with Crippen molar-refractivity contribution in [2.45, 2.75) is 50.7 Å². The number of aromatic nitrogens is 4. The summed E-state index contributed by atoms with van der Waals surface area (Å²) in [6.07, 6.45) is 3.88. The lowest BCUT2D eigenvalue weighted by atomic mass is 10.1. The van der Waals surface area contributed by atoms with Crippen molar-refractivity contribution < 1.29 is 8.78 Å². The van der Waals surface area contributed by atoms with Crippen molar-refractivity contribution in [3.63, 3.8) is 0 Å². The molecule has 2 fully saturated rings. The topological polar surface area (TPSA) is 73.0 Å². The zero-order valence-corrected chi connectivity index (χ0v) is 16.2. The molecular weight excluding hydrogens is 392 g/mol. The summed E-state index contributed by atoms with van der Waals surface area (Å²) < 4.78 is 29.4. The molecule has 0 radical (unpaired) electrons. The summed E-state index contributed by atoms with van der Waals surface area (Å²) in [6, 6.07) is 6.49. The molecule has 1 aromatic carbocycles. The van der Waals surface area contributed by atoms with E-state index in [9.17, 15) is 18.4 Å². The van der Waals surface area contributed by atoms with Crippen molar-refractivity contribution in [3.05, 3.63) is 63.2 Å². The Labute approximate surface area is 170 Å². The van der Waals surface area contributed by atoms with Crippen molar-refractivity contribution >= 4 is 16.7 Å². The van der Waals surface area contributed by atoms with E-state index in [1.54, 1.807) is 41.2 Å². The van der Waals surface area contributed by atoms with E-state index in [0.29, 0.717) is 23.9 Å². The molecule has 0 spiro atoms. The summed E-state index contributed by atoms with van der Waals surface area (Å²) in [5.74, 6) is 0.553. The van der Waals surface area contributed by atoms with Crippen LogP contribution in [-0.2, 0) is 6.54 Å². The minimum atomic E-state index is -2.69. The van der Waals surface area contributed by atoms with Gasteiger partial charge in [-0.3, -0.25) is 14.2 Å². The van der Waals surface area contributed by atoms with E-state index < -0.39 is 24.6 Å². The number of halogens is 2. The summed E-state index contributed by atoms with van der Waals surface area (Å²) in [5.41, 5.74) is -0.208. The quantitative estimate of drug-likeness (QED) is 0.643. The highest BCUT2D eigenvalue weighted by atomic mass is 19.3. The molecule has 9 heteroatoms. The Morgan fingerprint density at radius 2 is 1.90 bits per heavy atom. The van der Waals surface area contributed by atoms with Gasteiger partial charge < -0.3 is 9.47 Å². The van der Waals surface area contributed by atoms with Crippen LogP contribution in [0, 0.1) is 0 Å². The van der Waals surface area contributed by atoms with E-state index >= 15 is 0 Å². The number of hydrogen-bond acceptors (Lipinski definition) is 5. The molecule has 1 unspecified atom stereocenters. The number of anilines is 1. The van der Waals surface area contributed by atoms with E-state index in [1.165, 1.54) is 0 Å². The van der Waals surface area contributed by atoms with Crippen LogP contribution in [0.1, 0.15) is 43.6 Å². The highest BCUT2D eigenvalue weighted by Gasteiger charge is 2.34. The highest BCUT2D eigenvalue weighted by molar-refractivity contribution is 5.77. The fourth-order valence-corrected chi connectivity index (χ4v) is 4.29. The van der Waals surface area contributed by atoms with Crippen LogP contribution in [0.5, 0.6) is 0 Å². The lowest BCUT2D eigenvalue weighted by Gasteiger charge is -2.27. The first-order valence-corrected chi connectivity index (χ1v) is 10.2. The molecule has 2 aliphatic rings. The molecular formula is C21H21F2N5O2. The van der Waals surface area contributed by atoms with E-state index in [1.807, 2.05) is 4.90 Å². The van der Waals surface area contributed by atoms with Gasteiger partial charge in [0.1, 0.15) is 5.82 Å². The Balaban J connectivity index is 1.65. The molecule has 2 aromatic heterocycles. The van der Waals surface area contributed by atoms with E-state index in [2.05, 4.69) is 9.97 Å². The maximum Gasteiger partial charge on any atom is 0.293 e. The summed E-state index contributed by atoms with van der Waals surface area (Å²) in [7, 11) is 0. The summed E-state index contributed by atoms with van der Waals surface area (Å²) in [4.78, 5) is 36.7. The molecule has 0 N–H and O–H groups in total. The van der Waals surface area contributed by atoms with Crippen molar-refractivity contribution in [2.24, 2.45) is 0 Å². The number of alkyl halides is 2. The Bertz CT molecular complexity index is 1220. The lowest BCUT2D eigenvalue weighted by molar-refractivity contribution is 0.123. The Morgan fingerprint density at radius 3 is 2.67 bits per heavy atom. The van der Waals surface area contributed by atoms with Gasteiger partial charge in [-0.2, -0.15) is 0 Å². The van der Waals surface area contributed by atoms with Gasteiger partial charge in [-0.1, -0.05) is 12.1 Å². The normalized spacial score (nSPS) is 19.2. The second kappa shape index (κ2) is 7.30. The van der Waals surface area contributed by atoms with Crippen LogP contribution in [0.3, 0.4) is 0 Å². The van der Waals surface area contributed by atoms with Crippen molar-refractivity contribution in [3.8, 4) is 0 Å². The maximum absolute atomic E-state index is 13.3. The first kappa shape index (κ1) is 18.9. The van der Waals surface area contributed by atoms with Crippen LogP contribution in [0.15, 0.2) is 46.2 Å². The van der Waals surface area contributed by atoms with Gasteiger partial charge >= 0.3 is 0 Å². The Morgan fingerprint density at radius 1 is 1.10 bits per heavy atom. The second-order valence-electron chi connectivity index (χ2n) is 7.84. The Kier molecular flexibility index (Phi) is 4.60. The van der Waals surface area contributed by atoms with Crippen molar-refractivity contribution in [2.75, 3.05) is 11.4 Å². The minimum absolute atomic E-state index is 0.185. The minimum Gasteiger partial charge on any atom is -0.342 e. The lowest BCUT2D eigenvalue weighted by Crippen LogP contribution is -2.37. The Hall–Kier alpha value is -3.10. The molecule has 1 aliphatic heterocycles. The molecule has 1 saturated carbocycles. The third-order valence-electron chi connectivity index (χ3n) is 5.82. The number of benzene rings is 1. The van der Waals surface area contributed by atoms with Gasteiger partial charge in [0.25, 0.3) is 17.5 Å². The molecule has 1 saturated heterocycles. The van der Waals surface area contributed by atoms with Gasteiger partial charge in [0.05, 0.1) is 23.5 Å². The van der Waals surface area contributed by atoms with Crippen LogP contribution < -0.4 is 16.0 Å². The predicted molar refractivity (Wildman–Crippen MR) is 108 cm³/mol. The SMILES string of the molecule is O=c1c(N2CCCC2c2nc3ccccc3c(=O)n2CC(F)F)nccn1C1CC1. The summed E-state index contributed by atoms with van der Waals surface area (Å²) in [6.45, 7) is -0.177. The molecule has 1 aliphatic carbocycles. The average molecular weight is 413 g/mol. The molecule has 7 nitrogen and oxygen atoms in total. The third kappa shape index (κ3) is 3.18. The first-order valence-electron chi connectivity index (χ1n) is 10.2. The van der Waals surface area contributed by atoms with Gasteiger partial charge in [0.2, 0.25) is 0 Å². The monoisotopic (exact) mass is 413 g/mol. The molecule has 30 heavy (non-hydrogen) atoms. The standard InChI is InChI=1S/C21H21F2N5O2/c22-17(23)12-28-18(25-15-5-2-1-4-14(15)20(28)29)16-6-3-10-27(16)19-21(30)26(11-9-24-19)13-7-8-13/h1-2,4-5,9,11,13,16-17H,3,6-8,10,12H2. The zero-order valence-electron chi connectivity index (χ0n) is 16.2. The molecule has 3 aromatic rings. The molecule has 1 atom stereocenters. The molecule has 5 rings (SSSR count). The zero-order chi connectivity index (χ0) is 20.8. The number of fused-ring (bicyclic) bond motifs is 1. The van der Waals surface area contributed by atoms with E-state index in [4.69, 9.17) is 0 Å². The van der Waals surface area contributed by atoms with Crippen LogP contribution in [0.2, 0.25) is 0 Å². The number of nitrogens with zero attached hydrogens (tertiary/aromatic N) is 5. The van der Waals surface area contributed by atoms with Crippen molar-refractivity contribution in [1.82, 2.24) is 19.1 Å². The third-order valence-corrected chi connectivity index (χ3v) is 5.82. The average Bonchev–Trinajstić information content (AvgIpc) is 3.46. The van der Waals surface area contributed by atoms with E-state index in [0.717, 1.165) is 23.8 Å². The maximum atomic E-state index is 13.3. The summed E-state index contributed by atoms with van der Waals surface area (Å²) in [5, 5.41) is 0.306. The number of rotatable bonds is 5. The van der Waals surface area contributed by atoms with Gasteiger partial charge in [0, 0.05) is 25.0 Å². The molecule has 0 amide bonds. The van der Waals surface area contributed by atoms with Crippen LogP contribution >= 0.6 is 0 Å². The number of hydrogen-bond donors (Lipinski definition) is 0. The fourth-order valence-electron chi connectivity index (χ4n) is 4.29. The fraction of sp³-hybridized carbons (Fsp3) is 0.429. The number of para-hydroxylation sites is 1. The predicted octanol–water partition coefficient (Wildman–Crippen LogP) is 2.89. The van der Waals surface area contributed by atoms with Gasteiger partial charge in [0.15, 0.2) is 5.82 Å². The van der Waals surface area contributed by atoms with Gasteiger partial charge in [-0.15, -0.1) is 0 Å². The molecule has 0 bridgehead atoms. The van der Waals surface area contributed by atoms with Crippen LogP contribution in [0.4, 0.5) is 14.6 Å². The van der Waals surface area contributed by atoms with E-state index in [-0.39, 0.29) is 23.2 Å². The van der Waals surface area contributed by atoms with Crippen LogP contribution in [-0.4, -0.2) is 32.1 Å². The van der Waals surface area contributed by atoms with Gasteiger partial charge in [-0.05, 0) is 37.8 Å². The smallest absolute Gasteiger partial charge is 0.293 e. The van der Waals surface area contributed by atoms with Gasteiger partial charge in [-0.25, -0.2) is 18.7 Å². The largest absolute Gasteiger partial charge is 0.342 e. The van der Waals surface area contributed by atoms with Crippen molar-refractivity contribution in [1.29, 1.82) is 0 Å². The highest BCUT2D eigenvalue weighted by Crippen LogP contribution is 2.36. The summed E-state index contributed by atoms with van der Waals surface area (Å²) >= 11 is 0. The first-order chi connectivity index (χ1) is 14.5. The molecule has 3 heterocycles. The second-order valence-corrected chi connectivity index (χ2v) is 7.84. The van der Waals surface area contributed by atoms with Crippen LogP contribution in [0.25, 0.3) is 10.9 Å².